The first-order valence-electron chi connectivity index (χ1n) is 7.10. The predicted molar refractivity (Wildman–Crippen MR) is 72.1 cm³/mol. The number of imide groups is 3. The van der Waals surface area contributed by atoms with E-state index in [1.807, 2.05) is 0 Å². The molecule has 1 atom stereocenters. The van der Waals surface area contributed by atoms with E-state index in [4.69, 9.17) is 4.74 Å². The lowest BCUT2D eigenvalue weighted by Gasteiger charge is -2.29. The average Bonchev–Trinajstić information content (AvgIpc) is 2.94. The molecule has 2 aliphatic rings. The SMILES string of the molecule is CC(C)(C)OC(=O)N1CCC[C@H]1C(=O)N1C(=O)CCC1=O. The number of hydrogen-bond donors (Lipinski definition) is 0. The van der Waals surface area contributed by atoms with Crippen molar-refractivity contribution in [3.8, 4) is 0 Å². The van der Waals surface area contributed by atoms with Gasteiger partial charge in [0.15, 0.2) is 0 Å². The summed E-state index contributed by atoms with van der Waals surface area (Å²) in [5.41, 5.74) is -0.660. The molecule has 0 radical (unpaired) electrons. The summed E-state index contributed by atoms with van der Waals surface area (Å²) in [5, 5.41) is 0. The van der Waals surface area contributed by atoms with Gasteiger partial charge in [-0.15, -0.1) is 0 Å². The minimum atomic E-state index is -0.786. The maximum atomic E-state index is 12.4. The quantitative estimate of drug-likeness (QED) is 0.676. The number of nitrogens with zero attached hydrogens (tertiary/aromatic N) is 2. The van der Waals surface area contributed by atoms with Gasteiger partial charge in [-0.2, -0.15) is 0 Å². The summed E-state index contributed by atoms with van der Waals surface area (Å²) in [7, 11) is 0. The van der Waals surface area contributed by atoms with E-state index in [1.165, 1.54) is 4.90 Å². The van der Waals surface area contributed by atoms with Crippen LogP contribution in [0.4, 0.5) is 4.79 Å². The van der Waals surface area contributed by atoms with Crippen molar-refractivity contribution < 1.29 is 23.9 Å². The highest BCUT2D eigenvalue weighted by Crippen LogP contribution is 2.24. The number of amides is 4. The molecule has 7 heteroatoms. The summed E-state index contributed by atoms with van der Waals surface area (Å²) < 4.78 is 5.26. The van der Waals surface area contributed by atoms with E-state index in [-0.39, 0.29) is 12.8 Å². The van der Waals surface area contributed by atoms with Crippen LogP contribution in [0.15, 0.2) is 0 Å². The Morgan fingerprint density at radius 1 is 1.14 bits per heavy atom. The van der Waals surface area contributed by atoms with Crippen molar-refractivity contribution in [2.24, 2.45) is 0 Å². The van der Waals surface area contributed by atoms with E-state index >= 15 is 0 Å². The van der Waals surface area contributed by atoms with Gasteiger partial charge in [0.05, 0.1) is 0 Å². The molecule has 116 valence electrons. The van der Waals surface area contributed by atoms with Crippen molar-refractivity contribution in [3.63, 3.8) is 0 Å². The molecule has 0 aromatic heterocycles. The largest absolute Gasteiger partial charge is 0.444 e. The molecule has 2 saturated heterocycles. The summed E-state index contributed by atoms with van der Waals surface area (Å²) >= 11 is 0. The molecule has 0 bridgehead atoms. The van der Waals surface area contributed by atoms with Gasteiger partial charge in [0.1, 0.15) is 11.6 Å². The lowest BCUT2D eigenvalue weighted by Crippen LogP contribution is -2.50. The summed E-state index contributed by atoms with van der Waals surface area (Å²) in [6.07, 6.45) is 0.617. The van der Waals surface area contributed by atoms with Crippen LogP contribution < -0.4 is 0 Å². The molecule has 21 heavy (non-hydrogen) atoms. The van der Waals surface area contributed by atoms with Gasteiger partial charge >= 0.3 is 6.09 Å². The monoisotopic (exact) mass is 296 g/mol. The Morgan fingerprint density at radius 3 is 2.24 bits per heavy atom. The molecule has 2 heterocycles. The molecular weight excluding hydrogens is 276 g/mol. The van der Waals surface area contributed by atoms with Gasteiger partial charge in [0.2, 0.25) is 11.8 Å². The molecule has 0 aromatic carbocycles. The highest BCUT2D eigenvalue weighted by atomic mass is 16.6. The van der Waals surface area contributed by atoms with Crippen LogP contribution >= 0.6 is 0 Å². The Bertz CT molecular complexity index is 478. The number of likely N-dealkylation sites (tertiary alicyclic amines) is 2. The molecule has 0 aromatic rings. The standard InChI is InChI=1S/C14H20N2O5/c1-14(2,3)21-13(20)15-8-4-5-9(15)12(19)16-10(17)6-7-11(16)18/h9H,4-8H2,1-3H3/t9-/m0/s1. The molecule has 0 saturated carbocycles. The molecular formula is C14H20N2O5. The molecule has 0 spiro atoms. The van der Waals surface area contributed by atoms with Crippen molar-refractivity contribution >= 4 is 23.8 Å². The van der Waals surface area contributed by atoms with Crippen LogP contribution in [0.2, 0.25) is 0 Å². The summed E-state index contributed by atoms with van der Waals surface area (Å²) in [6.45, 7) is 5.61. The van der Waals surface area contributed by atoms with Gasteiger partial charge in [0, 0.05) is 19.4 Å². The Hall–Kier alpha value is -1.92. The molecule has 2 rings (SSSR count). The van der Waals surface area contributed by atoms with Crippen molar-refractivity contribution in [1.29, 1.82) is 0 Å². The first kappa shape index (κ1) is 15.5. The van der Waals surface area contributed by atoms with E-state index in [0.29, 0.717) is 24.3 Å². The third-order valence-electron chi connectivity index (χ3n) is 3.44. The van der Waals surface area contributed by atoms with Crippen LogP contribution in [0, 0.1) is 0 Å². The van der Waals surface area contributed by atoms with Crippen molar-refractivity contribution in [3.05, 3.63) is 0 Å². The highest BCUT2D eigenvalue weighted by Gasteiger charge is 2.44. The van der Waals surface area contributed by atoms with Crippen LogP contribution in [0.25, 0.3) is 0 Å². The number of ether oxygens (including phenoxy) is 1. The molecule has 0 aliphatic carbocycles. The number of carbonyl (C=O) groups excluding carboxylic acids is 4. The van der Waals surface area contributed by atoms with E-state index in [0.717, 1.165) is 0 Å². The third-order valence-corrected chi connectivity index (χ3v) is 3.44. The van der Waals surface area contributed by atoms with E-state index in [2.05, 4.69) is 0 Å². The van der Waals surface area contributed by atoms with E-state index < -0.39 is 35.5 Å². The Labute approximate surface area is 123 Å². The lowest BCUT2D eigenvalue weighted by molar-refractivity contribution is -0.151. The third kappa shape index (κ3) is 3.22. The van der Waals surface area contributed by atoms with Crippen LogP contribution in [-0.4, -0.2) is 51.8 Å². The van der Waals surface area contributed by atoms with Gasteiger partial charge in [-0.05, 0) is 33.6 Å². The molecule has 4 amide bonds. The lowest BCUT2D eigenvalue weighted by atomic mass is 10.2. The Balaban J connectivity index is 2.11. The number of hydrogen-bond acceptors (Lipinski definition) is 5. The summed E-state index contributed by atoms with van der Waals surface area (Å²) in [4.78, 5) is 49.8. The highest BCUT2D eigenvalue weighted by molar-refractivity contribution is 6.16. The fourth-order valence-electron chi connectivity index (χ4n) is 2.53. The van der Waals surface area contributed by atoms with Crippen LogP contribution in [0.3, 0.4) is 0 Å². The Kier molecular flexibility index (Phi) is 4.02. The normalized spacial score (nSPS) is 22.9. The predicted octanol–water partition coefficient (Wildman–Crippen LogP) is 1.06. The van der Waals surface area contributed by atoms with Crippen LogP contribution in [0.1, 0.15) is 46.5 Å². The minimum Gasteiger partial charge on any atom is -0.444 e. The van der Waals surface area contributed by atoms with E-state index in [9.17, 15) is 19.2 Å². The topological polar surface area (TPSA) is 84.0 Å². The zero-order valence-corrected chi connectivity index (χ0v) is 12.5. The van der Waals surface area contributed by atoms with Crippen molar-refractivity contribution in [1.82, 2.24) is 9.80 Å². The van der Waals surface area contributed by atoms with Crippen LogP contribution in [-0.2, 0) is 19.1 Å². The van der Waals surface area contributed by atoms with E-state index in [1.54, 1.807) is 20.8 Å². The first-order valence-corrected chi connectivity index (χ1v) is 7.10. The molecule has 2 aliphatic heterocycles. The van der Waals surface area contributed by atoms with Crippen molar-refractivity contribution in [2.45, 2.75) is 58.1 Å². The summed E-state index contributed by atoms with van der Waals surface area (Å²) in [5.74, 6) is -1.58. The zero-order valence-electron chi connectivity index (χ0n) is 12.5. The maximum Gasteiger partial charge on any atom is 0.410 e. The van der Waals surface area contributed by atoms with Gasteiger partial charge in [-0.25, -0.2) is 9.69 Å². The molecule has 0 unspecified atom stereocenters. The van der Waals surface area contributed by atoms with Crippen molar-refractivity contribution in [2.75, 3.05) is 6.54 Å². The second-order valence-electron chi connectivity index (χ2n) is 6.29. The average molecular weight is 296 g/mol. The Morgan fingerprint density at radius 2 is 1.71 bits per heavy atom. The molecule has 7 nitrogen and oxygen atoms in total. The smallest absolute Gasteiger partial charge is 0.410 e. The van der Waals surface area contributed by atoms with Gasteiger partial charge < -0.3 is 4.74 Å². The first-order chi connectivity index (χ1) is 9.70. The van der Waals surface area contributed by atoms with Gasteiger partial charge in [-0.3, -0.25) is 19.3 Å². The summed E-state index contributed by atoms with van der Waals surface area (Å²) in [6, 6.07) is -0.786. The zero-order chi connectivity index (χ0) is 15.8. The molecule has 2 fully saturated rings. The minimum absolute atomic E-state index is 0.0593. The van der Waals surface area contributed by atoms with Crippen LogP contribution in [0.5, 0.6) is 0 Å². The fourth-order valence-corrected chi connectivity index (χ4v) is 2.53. The second kappa shape index (κ2) is 5.46. The van der Waals surface area contributed by atoms with Gasteiger partial charge in [-0.1, -0.05) is 0 Å². The molecule has 0 N–H and O–H groups in total. The number of rotatable bonds is 1. The number of carbonyl (C=O) groups is 4. The second-order valence-corrected chi connectivity index (χ2v) is 6.29. The fraction of sp³-hybridized carbons (Fsp3) is 0.714. The van der Waals surface area contributed by atoms with Gasteiger partial charge in [0.25, 0.3) is 5.91 Å². The maximum absolute atomic E-state index is 12.4.